The van der Waals surface area contributed by atoms with Crippen LogP contribution < -0.4 is 0 Å². The Morgan fingerprint density at radius 2 is 0.700 bits per heavy atom. The van der Waals surface area contributed by atoms with Crippen LogP contribution in [0.3, 0.4) is 0 Å². The summed E-state index contributed by atoms with van der Waals surface area (Å²) in [6, 6.07) is 85.8. The summed E-state index contributed by atoms with van der Waals surface area (Å²) in [5.74, 6) is 2.85. The second-order valence-electron chi connectivity index (χ2n) is 31.3. The van der Waals surface area contributed by atoms with Crippen LogP contribution in [0.5, 0.6) is 0 Å². The van der Waals surface area contributed by atoms with Crippen molar-refractivity contribution >= 4 is 46.6 Å². The highest BCUT2D eigenvalue weighted by molar-refractivity contribution is 6.64. The molecule has 10 nitrogen and oxygen atoms in total. The molecule has 5 aliphatic rings. The summed E-state index contributed by atoms with van der Waals surface area (Å²) in [5.41, 5.74) is 10.9. The summed E-state index contributed by atoms with van der Waals surface area (Å²) in [6.45, 7) is 19.9. The first-order valence-corrected chi connectivity index (χ1v) is 43.1. The quantitative estimate of drug-likeness (QED) is 0.0251. The first-order valence-electron chi connectivity index (χ1n) is 42.4. The molecule has 2 aliphatic carbocycles. The smallest absolute Gasteiger partial charge is 0.376 e. The van der Waals surface area contributed by atoms with E-state index < -0.39 is 7.05 Å². The summed E-state index contributed by atoms with van der Waals surface area (Å²) in [6.07, 6.45) is 28.6. The maximum Gasteiger partial charge on any atom is 0.376 e. The molecule has 3 heterocycles. The first kappa shape index (κ1) is 86.9. The van der Waals surface area contributed by atoms with E-state index in [9.17, 15) is 19.4 Å². The molecule has 588 valence electrons. The van der Waals surface area contributed by atoms with Gasteiger partial charge < -0.3 is 34.3 Å². The van der Waals surface area contributed by atoms with Gasteiger partial charge in [-0.3, -0.25) is 14.4 Å². The number of hydrogen-bond donors (Lipinski definition) is 1. The predicted octanol–water partition coefficient (Wildman–Crippen LogP) is 20.8. The minimum Gasteiger partial charge on any atom is -0.437 e. The van der Waals surface area contributed by atoms with Gasteiger partial charge in [0, 0.05) is 128 Å². The average molecular weight is 1520 g/mol. The standard InChI is InChI=1S/C30H38N2.C29H42N2.C23H31BN2O2.C8H7ClO.C7H11ClO/c1-5-13-27(14-6-1)20-22-32-25-23-31(24-26-32)21-12-4-11-19-30(28-15-7-2-8-16-28)29-17-9-3-10-18-29;1-5-13-26(14-6-1)25-31-23-21-30(22-24-31)20-12-4-11-19-29(27-15-7-2-8-16-27)28-17-9-3-10-18-28;1-24(28)26-18-16-25(17-19-26)23(27)15-9-8-14-22(20-10-4-2-5-11-20)21-12-6-3-7-13-21;9-8(10)6-7-4-2-1-3-5-7;8-7(9)6-4-2-1-3-5-6/h1-3,5-10,13-18,30H,4,11-12,19-26H2;2-3,7-10,15-18,26,29H,1,4-6,11-14,19-25H2;2-7,10-13,22,28H,8-9,14-19H2,1H3;1-5H,6H2;6H,1-5H2. The fourth-order valence-electron chi connectivity index (χ4n) is 16.7. The second-order valence-corrected chi connectivity index (χ2v) is 32.1. The number of nitrogens with zero attached hydrogens (tertiary/aromatic N) is 6. The molecule has 0 bridgehead atoms. The highest BCUT2D eigenvalue weighted by atomic mass is 35.5. The Hall–Kier alpha value is -7.03. The van der Waals surface area contributed by atoms with Crippen molar-refractivity contribution in [2.45, 2.75) is 179 Å². The molecule has 1 N–H and O–H groups in total. The van der Waals surface area contributed by atoms with Crippen LogP contribution in [0.1, 0.15) is 204 Å². The molecule has 3 aliphatic heterocycles. The van der Waals surface area contributed by atoms with Crippen LogP contribution in [0.25, 0.3) is 0 Å². The van der Waals surface area contributed by atoms with E-state index in [1.165, 1.54) is 227 Å². The lowest BCUT2D eigenvalue weighted by Crippen LogP contribution is -2.52. The molecule has 0 radical (unpaired) electrons. The molecule has 13 rings (SSSR count). The molecular formula is C97H129BCl2N6O4. The molecule has 5 fully saturated rings. The molecule has 8 aromatic rings. The number of carbonyl (C=O) groups is 3. The number of rotatable bonds is 32. The highest BCUT2D eigenvalue weighted by Crippen LogP contribution is 2.34. The third kappa shape index (κ3) is 33.0. The molecule has 0 unspecified atom stereocenters. The number of carbonyl (C=O) groups excluding carboxylic acids is 3. The van der Waals surface area contributed by atoms with E-state index in [4.69, 9.17) is 23.2 Å². The van der Waals surface area contributed by atoms with E-state index in [0.717, 1.165) is 69.8 Å². The lowest BCUT2D eigenvalue weighted by atomic mass is 9.84. The Morgan fingerprint density at radius 1 is 0.373 bits per heavy atom. The van der Waals surface area contributed by atoms with Crippen LogP contribution in [0, 0.1) is 11.8 Å². The second kappa shape index (κ2) is 51.6. The van der Waals surface area contributed by atoms with Crippen molar-refractivity contribution in [2.75, 3.05) is 105 Å². The fraction of sp³-hybridized carbons (Fsp3) is 0.474. The van der Waals surface area contributed by atoms with Gasteiger partial charge in [-0.05, 0) is 164 Å². The summed E-state index contributed by atoms with van der Waals surface area (Å²) >= 11 is 10.5. The highest BCUT2D eigenvalue weighted by Gasteiger charge is 2.27. The number of unbranched alkanes of at least 4 members (excludes halogenated alkanes) is 5. The van der Waals surface area contributed by atoms with Crippen molar-refractivity contribution in [1.29, 1.82) is 0 Å². The summed E-state index contributed by atoms with van der Waals surface area (Å²) in [5, 5.41) is 9.19. The van der Waals surface area contributed by atoms with E-state index in [0.29, 0.717) is 30.6 Å². The minimum absolute atomic E-state index is 0.130. The topological polar surface area (TPSA) is 90.9 Å². The zero-order valence-corrected chi connectivity index (χ0v) is 68.0. The van der Waals surface area contributed by atoms with Crippen molar-refractivity contribution in [1.82, 2.24) is 29.3 Å². The molecule has 8 aromatic carbocycles. The van der Waals surface area contributed by atoms with Crippen molar-refractivity contribution in [3.05, 3.63) is 287 Å². The number of amides is 1. The number of benzene rings is 8. The van der Waals surface area contributed by atoms with Crippen molar-refractivity contribution in [3.8, 4) is 0 Å². The average Bonchev–Trinajstić information content (AvgIpc) is 0.861. The molecule has 0 atom stereocenters. The third-order valence-electron chi connectivity index (χ3n) is 23.3. The zero-order chi connectivity index (χ0) is 76.8. The van der Waals surface area contributed by atoms with Gasteiger partial charge in [0.25, 0.3) is 0 Å². The van der Waals surface area contributed by atoms with Crippen LogP contribution in [-0.2, 0) is 27.2 Å². The van der Waals surface area contributed by atoms with Gasteiger partial charge in [0.1, 0.15) is 0 Å². The van der Waals surface area contributed by atoms with Gasteiger partial charge in [-0.2, -0.15) is 0 Å². The van der Waals surface area contributed by atoms with E-state index in [2.05, 4.69) is 232 Å². The van der Waals surface area contributed by atoms with Crippen LogP contribution >= 0.6 is 23.2 Å². The first-order chi connectivity index (χ1) is 54.0. The Balaban J connectivity index is 0.000000169. The molecule has 110 heavy (non-hydrogen) atoms. The van der Waals surface area contributed by atoms with Gasteiger partial charge in [-0.15, -0.1) is 0 Å². The maximum atomic E-state index is 12.5. The SMILES string of the molecule is CB(O)N1CCN(C(=O)CCCCC(c2ccccc2)c2ccccc2)CC1.O=C(Cl)C1CCCCC1.O=C(Cl)Cc1ccccc1.c1ccc(C(CCCCCN2CCN(CC3CCCCC3)CC2)c2ccccc2)cc1.c1ccc(CCN2CCN(CCCCCC(c3ccccc3)c3ccccc3)CC2)cc1. The molecule has 0 spiro atoms. The number of halogens is 2. The van der Waals surface area contributed by atoms with Gasteiger partial charge >= 0.3 is 7.05 Å². The summed E-state index contributed by atoms with van der Waals surface area (Å²) in [4.78, 5) is 48.2. The van der Waals surface area contributed by atoms with E-state index in [-0.39, 0.29) is 22.3 Å². The molecule has 1 amide bonds. The van der Waals surface area contributed by atoms with Gasteiger partial charge in [0.05, 0.1) is 0 Å². The largest absolute Gasteiger partial charge is 0.437 e. The lowest BCUT2D eigenvalue weighted by Gasteiger charge is -2.37. The van der Waals surface area contributed by atoms with E-state index in [1.807, 2.05) is 40.0 Å². The molecular weight excluding hydrogens is 1390 g/mol. The third-order valence-corrected chi connectivity index (χ3v) is 23.8. The monoisotopic (exact) mass is 1520 g/mol. The van der Waals surface area contributed by atoms with Gasteiger partial charge in [-0.25, -0.2) is 0 Å². The Morgan fingerprint density at radius 3 is 1.05 bits per heavy atom. The fourth-order valence-corrected chi connectivity index (χ4v) is 17.1. The normalized spacial score (nSPS) is 16.3. The number of hydrogen-bond acceptors (Lipinski definition) is 9. The Labute approximate surface area is 673 Å². The zero-order valence-electron chi connectivity index (χ0n) is 66.5. The van der Waals surface area contributed by atoms with Crippen molar-refractivity contribution < 1.29 is 19.4 Å². The predicted molar refractivity (Wildman–Crippen MR) is 462 cm³/mol. The van der Waals surface area contributed by atoms with E-state index in [1.54, 1.807) is 6.82 Å². The molecule has 0 aromatic heterocycles. The number of piperazine rings is 3. The minimum atomic E-state index is -0.426. The molecule has 2 saturated carbocycles. The van der Waals surface area contributed by atoms with Crippen LogP contribution in [0.4, 0.5) is 0 Å². The van der Waals surface area contributed by atoms with Gasteiger partial charge in [0.2, 0.25) is 16.4 Å². The molecule has 3 saturated heterocycles. The van der Waals surface area contributed by atoms with E-state index >= 15 is 0 Å². The van der Waals surface area contributed by atoms with Crippen LogP contribution in [-0.4, -0.2) is 162 Å². The lowest BCUT2D eigenvalue weighted by molar-refractivity contribution is -0.132. The van der Waals surface area contributed by atoms with Crippen LogP contribution in [0.15, 0.2) is 243 Å². The van der Waals surface area contributed by atoms with Crippen molar-refractivity contribution in [3.63, 3.8) is 0 Å². The van der Waals surface area contributed by atoms with Gasteiger partial charge in [0.15, 0.2) is 0 Å². The summed E-state index contributed by atoms with van der Waals surface area (Å²) < 4.78 is 0. The summed E-state index contributed by atoms with van der Waals surface area (Å²) in [7, 11) is -0.426. The molecule has 13 heteroatoms. The van der Waals surface area contributed by atoms with Crippen molar-refractivity contribution in [2.24, 2.45) is 11.8 Å². The maximum absolute atomic E-state index is 12.5. The Bertz CT molecular complexity index is 3550. The van der Waals surface area contributed by atoms with Gasteiger partial charge in [-0.1, -0.05) is 313 Å². The Kier molecular flexibility index (Phi) is 40.8. The van der Waals surface area contributed by atoms with Crippen LogP contribution in [0.2, 0.25) is 6.82 Å².